The number of nitrogens with zero attached hydrogens (tertiary/aromatic N) is 4. The second-order valence-electron chi connectivity index (χ2n) is 6.22. The van der Waals surface area contributed by atoms with E-state index in [0.29, 0.717) is 12.5 Å². The molecule has 0 radical (unpaired) electrons. The SMILES string of the molecule is CCNC(=NCC(O)COc1cccc(C)c1)NCCn1cnnc1CC.I. The van der Waals surface area contributed by atoms with Gasteiger partial charge in [-0.2, -0.15) is 0 Å². The Hall–Kier alpha value is -1.88. The standard InChI is InChI=1S/C19H30N6O2.HI/c1-4-18-24-23-14-25(18)10-9-21-19(20-5-2)22-12-16(26)13-27-17-8-6-7-15(3)11-17;/h6-8,11,14,16,26H,4-5,9-10,12-13H2,1-3H3,(H2,20,21,22);1H. The summed E-state index contributed by atoms with van der Waals surface area (Å²) in [5, 5.41) is 24.6. The van der Waals surface area contributed by atoms with E-state index in [1.165, 1.54) is 0 Å². The lowest BCUT2D eigenvalue weighted by molar-refractivity contribution is 0.114. The van der Waals surface area contributed by atoms with Crippen LogP contribution in [0.5, 0.6) is 5.75 Å². The maximum atomic E-state index is 10.1. The van der Waals surface area contributed by atoms with Gasteiger partial charge in [-0.15, -0.1) is 34.2 Å². The summed E-state index contributed by atoms with van der Waals surface area (Å²) in [5.41, 5.74) is 1.12. The molecule has 156 valence electrons. The second kappa shape index (κ2) is 13.3. The van der Waals surface area contributed by atoms with Crippen molar-refractivity contribution in [2.75, 3.05) is 26.2 Å². The van der Waals surface area contributed by atoms with Crippen molar-refractivity contribution in [3.63, 3.8) is 0 Å². The molecule has 0 bridgehead atoms. The summed E-state index contributed by atoms with van der Waals surface area (Å²) in [5.74, 6) is 2.38. The summed E-state index contributed by atoms with van der Waals surface area (Å²) in [4.78, 5) is 4.43. The Morgan fingerprint density at radius 3 is 2.86 bits per heavy atom. The number of aromatic nitrogens is 3. The van der Waals surface area contributed by atoms with Crippen LogP contribution in [0.3, 0.4) is 0 Å². The van der Waals surface area contributed by atoms with Gasteiger partial charge >= 0.3 is 0 Å². The Morgan fingerprint density at radius 2 is 2.14 bits per heavy atom. The van der Waals surface area contributed by atoms with Crippen LogP contribution in [-0.4, -0.2) is 58.2 Å². The molecule has 0 aliphatic rings. The molecule has 1 atom stereocenters. The number of ether oxygens (including phenoxy) is 1. The molecule has 1 unspecified atom stereocenters. The van der Waals surface area contributed by atoms with Gasteiger partial charge in [0.05, 0.1) is 6.54 Å². The summed E-state index contributed by atoms with van der Waals surface area (Å²) in [6.07, 6.45) is 1.91. The highest BCUT2D eigenvalue weighted by Gasteiger charge is 2.07. The Kier molecular flexibility index (Phi) is 11.5. The molecule has 0 spiro atoms. The molecule has 1 aromatic carbocycles. The lowest BCUT2D eigenvalue weighted by Gasteiger charge is -2.14. The van der Waals surface area contributed by atoms with Crippen LogP contribution in [0.4, 0.5) is 0 Å². The first-order valence-corrected chi connectivity index (χ1v) is 9.38. The van der Waals surface area contributed by atoms with Crippen molar-refractivity contribution in [2.24, 2.45) is 4.99 Å². The molecule has 0 amide bonds. The molecule has 3 N–H and O–H groups in total. The zero-order chi connectivity index (χ0) is 19.5. The van der Waals surface area contributed by atoms with Gasteiger partial charge in [0.15, 0.2) is 5.96 Å². The second-order valence-corrected chi connectivity index (χ2v) is 6.22. The van der Waals surface area contributed by atoms with Crippen LogP contribution in [0.15, 0.2) is 35.6 Å². The molecule has 2 aromatic rings. The van der Waals surface area contributed by atoms with Gasteiger partial charge in [0.2, 0.25) is 0 Å². The number of hydrogen-bond acceptors (Lipinski definition) is 5. The fourth-order valence-corrected chi connectivity index (χ4v) is 2.52. The van der Waals surface area contributed by atoms with Crippen LogP contribution >= 0.6 is 24.0 Å². The molecule has 28 heavy (non-hydrogen) atoms. The molecule has 2 rings (SSSR count). The number of aliphatic hydroxyl groups is 1. The van der Waals surface area contributed by atoms with Crippen LogP contribution < -0.4 is 15.4 Å². The summed E-state index contributed by atoms with van der Waals surface area (Å²) in [6, 6.07) is 7.76. The third kappa shape index (κ3) is 8.42. The number of halogens is 1. The van der Waals surface area contributed by atoms with Gasteiger partial charge in [-0.25, -0.2) is 0 Å². The zero-order valence-electron chi connectivity index (χ0n) is 16.8. The Bertz CT molecular complexity index is 722. The fourth-order valence-electron chi connectivity index (χ4n) is 2.52. The van der Waals surface area contributed by atoms with Gasteiger partial charge in [-0.1, -0.05) is 19.1 Å². The number of aliphatic hydroxyl groups excluding tert-OH is 1. The van der Waals surface area contributed by atoms with E-state index in [9.17, 15) is 5.11 Å². The predicted molar refractivity (Wildman–Crippen MR) is 121 cm³/mol. The molecule has 0 fully saturated rings. The molecule has 9 heteroatoms. The topological polar surface area (TPSA) is 96.6 Å². The van der Waals surface area contributed by atoms with E-state index in [1.54, 1.807) is 6.33 Å². The summed E-state index contributed by atoms with van der Waals surface area (Å²) in [6.45, 7) is 8.70. The Balaban J connectivity index is 0.00000392. The first kappa shape index (κ1) is 24.2. The van der Waals surface area contributed by atoms with Crippen molar-refractivity contribution < 1.29 is 9.84 Å². The molecule has 1 aromatic heterocycles. The minimum atomic E-state index is -0.675. The van der Waals surface area contributed by atoms with E-state index >= 15 is 0 Å². The average Bonchev–Trinajstić information content (AvgIpc) is 3.12. The summed E-state index contributed by atoms with van der Waals surface area (Å²) in [7, 11) is 0. The van der Waals surface area contributed by atoms with Crippen molar-refractivity contribution in [1.29, 1.82) is 0 Å². The Morgan fingerprint density at radius 1 is 1.32 bits per heavy atom. The van der Waals surface area contributed by atoms with Crippen LogP contribution in [0, 0.1) is 6.92 Å². The maximum Gasteiger partial charge on any atom is 0.191 e. The van der Waals surface area contributed by atoms with E-state index in [-0.39, 0.29) is 37.1 Å². The number of guanidine groups is 1. The fraction of sp³-hybridized carbons (Fsp3) is 0.526. The van der Waals surface area contributed by atoms with Gasteiger partial charge in [-0.3, -0.25) is 4.99 Å². The lowest BCUT2D eigenvalue weighted by atomic mass is 10.2. The normalized spacial score (nSPS) is 12.2. The largest absolute Gasteiger partial charge is 0.491 e. The van der Waals surface area contributed by atoms with E-state index < -0.39 is 6.10 Å². The zero-order valence-corrected chi connectivity index (χ0v) is 19.1. The van der Waals surface area contributed by atoms with Gasteiger partial charge in [0, 0.05) is 26.1 Å². The van der Waals surface area contributed by atoms with Crippen LogP contribution in [0.1, 0.15) is 25.2 Å². The number of hydrogen-bond donors (Lipinski definition) is 3. The first-order valence-electron chi connectivity index (χ1n) is 9.38. The molecule has 0 aliphatic carbocycles. The third-order valence-electron chi connectivity index (χ3n) is 3.89. The molecule has 0 aliphatic heterocycles. The van der Waals surface area contributed by atoms with Gasteiger partial charge in [0.25, 0.3) is 0 Å². The van der Waals surface area contributed by atoms with E-state index in [1.807, 2.05) is 42.7 Å². The van der Waals surface area contributed by atoms with Crippen LogP contribution in [0.2, 0.25) is 0 Å². The molecule has 1 heterocycles. The monoisotopic (exact) mass is 502 g/mol. The van der Waals surface area contributed by atoms with E-state index in [2.05, 4.69) is 32.7 Å². The molecular weight excluding hydrogens is 471 g/mol. The van der Waals surface area contributed by atoms with Gasteiger partial charge in [-0.05, 0) is 31.5 Å². The molecule has 0 saturated heterocycles. The van der Waals surface area contributed by atoms with Crippen molar-refractivity contribution in [3.05, 3.63) is 42.0 Å². The molecular formula is C19H31IN6O2. The number of rotatable bonds is 10. The predicted octanol–water partition coefficient (Wildman–Crippen LogP) is 1.76. The summed E-state index contributed by atoms with van der Waals surface area (Å²) < 4.78 is 7.63. The quantitative estimate of drug-likeness (QED) is 0.261. The van der Waals surface area contributed by atoms with Gasteiger partial charge in [0.1, 0.15) is 30.6 Å². The number of aliphatic imine (C=N–C) groups is 1. The van der Waals surface area contributed by atoms with Crippen molar-refractivity contribution in [2.45, 2.75) is 39.8 Å². The van der Waals surface area contributed by atoms with Crippen molar-refractivity contribution >= 4 is 29.9 Å². The first-order chi connectivity index (χ1) is 13.1. The van der Waals surface area contributed by atoms with Gasteiger partial charge < -0.3 is 25.0 Å². The van der Waals surface area contributed by atoms with Crippen molar-refractivity contribution in [1.82, 2.24) is 25.4 Å². The number of benzene rings is 1. The van der Waals surface area contributed by atoms with E-state index in [4.69, 9.17) is 4.74 Å². The van der Waals surface area contributed by atoms with Crippen molar-refractivity contribution in [3.8, 4) is 5.75 Å². The third-order valence-corrected chi connectivity index (χ3v) is 3.89. The van der Waals surface area contributed by atoms with Crippen LogP contribution in [-0.2, 0) is 13.0 Å². The summed E-state index contributed by atoms with van der Waals surface area (Å²) >= 11 is 0. The number of aryl methyl sites for hydroxylation is 2. The minimum Gasteiger partial charge on any atom is -0.491 e. The lowest BCUT2D eigenvalue weighted by Crippen LogP contribution is -2.39. The highest BCUT2D eigenvalue weighted by atomic mass is 127. The van der Waals surface area contributed by atoms with E-state index in [0.717, 1.165) is 36.6 Å². The average molecular weight is 502 g/mol. The Labute approximate surface area is 183 Å². The number of nitrogens with one attached hydrogen (secondary N) is 2. The molecule has 0 saturated carbocycles. The minimum absolute atomic E-state index is 0. The smallest absolute Gasteiger partial charge is 0.191 e. The van der Waals surface area contributed by atoms with Crippen LogP contribution in [0.25, 0.3) is 0 Å². The molecule has 8 nitrogen and oxygen atoms in total. The highest BCUT2D eigenvalue weighted by molar-refractivity contribution is 14.0. The highest BCUT2D eigenvalue weighted by Crippen LogP contribution is 2.12. The maximum absolute atomic E-state index is 10.1.